The van der Waals surface area contributed by atoms with Crippen molar-refractivity contribution < 1.29 is 4.74 Å². The zero-order valence-corrected chi connectivity index (χ0v) is 13.3. The summed E-state index contributed by atoms with van der Waals surface area (Å²) < 4.78 is 5.60. The van der Waals surface area contributed by atoms with E-state index in [2.05, 4.69) is 22.2 Å². The Hall–Kier alpha value is -1.03. The Kier molecular flexibility index (Phi) is 5.08. The summed E-state index contributed by atoms with van der Waals surface area (Å²) in [7, 11) is 0. The van der Waals surface area contributed by atoms with Crippen LogP contribution in [0.2, 0.25) is 0 Å². The van der Waals surface area contributed by atoms with Crippen LogP contribution in [0.5, 0.6) is 5.88 Å². The lowest BCUT2D eigenvalue weighted by atomic mass is 9.78. The standard InChI is InChI=1S/C15H24ClN3O/c1-11(2)20-14-8-13(17-10-18-14)19-15(9-16)6-4-12(3)5-7-15/h8,10-12H,4-7,9H2,1-3H3,(H,17,18,19). The Labute approximate surface area is 126 Å². The average Bonchev–Trinajstić information content (AvgIpc) is 2.41. The number of ether oxygens (including phenoxy) is 1. The van der Waals surface area contributed by atoms with Crippen molar-refractivity contribution in [2.24, 2.45) is 5.92 Å². The molecule has 5 heteroatoms. The monoisotopic (exact) mass is 297 g/mol. The smallest absolute Gasteiger partial charge is 0.218 e. The summed E-state index contributed by atoms with van der Waals surface area (Å²) in [6, 6.07) is 1.85. The molecule has 0 aliphatic heterocycles. The predicted octanol–water partition coefficient (Wildman–Crippen LogP) is 3.86. The van der Waals surface area contributed by atoms with Crippen LogP contribution < -0.4 is 10.1 Å². The molecule has 0 spiro atoms. The number of anilines is 1. The van der Waals surface area contributed by atoms with Gasteiger partial charge in [0.1, 0.15) is 12.1 Å². The SMILES string of the molecule is CC1CCC(CCl)(Nc2cc(OC(C)C)ncn2)CC1. The highest BCUT2D eigenvalue weighted by molar-refractivity contribution is 6.18. The van der Waals surface area contributed by atoms with Gasteiger partial charge in [0.05, 0.1) is 11.6 Å². The van der Waals surface area contributed by atoms with E-state index in [9.17, 15) is 0 Å². The quantitative estimate of drug-likeness (QED) is 0.838. The Balaban J connectivity index is 2.07. The zero-order chi connectivity index (χ0) is 14.6. The van der Waals surface area contributed by atoms with Crippen LogP contribution in [0.15, 0.2) is 12.4 Å². The van der Waals surface area contributed by atoms with Crippen molar-refractivity contribution >= 4 is 17.4 Å². The van der Waals surface area contributed by atoms with E-state index in [-0.39, 0.29) is 11.6 Å². The highest BCUT2D eigenvalue weighted by atomic mass is 35.5. The number of nitrogens with zero attached hydrogens (tertiary/aromatic N) is 2. The molecule has 0 aromatic carbocycles. The Morgan fingerprint density at radius 2 is 2.10 bits per heavy atom. The van der Waals surface area contributed by atoms with Crippen molar-refractivity contribution in [1.29, 1.82) is 0 Å². The number of aromatic nitrogens is 2. The molecule has 1 aromatic heterocycles. The fourth-order valence-corrected chi connectivity index (χ4v) is 2.93. The maximum atomic E-state index is 6.22. The average molecular weight is 298 g/mol. The molecule has 1 N–H and O–H groups in total. The van der Waals surface area contributed by atoms with Gasteiger partial charge in [-0.15, -0.1) is 11.6 Å². The number of nitrogens with one attached hydrogen (secondary N) is 1. The lowest BCUT2D eigenvalue weighted by Gasteiger charge is -2.39. The van der Waals surface area contributed by atoms with E-state index in [0.29, 0.717) is 11.8 Å². The van der Waals surface area contributed by atoms with E-state index >= 15 is 0 Å². The second-order valence-corrected chi connectivity index (χ2v) is 6.40. The molecular weight excluding hydrogens is 274 g/mol. The van der Waals surface area contributed by atoms with Crippen molar-refractivity contribution in [3.05, 3.63) is 12.4 Å². The van der Waals surface area contributed by atoms with Crippen molar-refractivity contribution in [2.45, 2.75) is 58.1 Å². The minimum absolute atomic E-state index is 0.0441. The van der Waals surface area contributed by atoms with E-state index in [1.807, 2.05) is 19.9 Å². The second-order valence-electron chi connectivity index (χ2n) is 6.13. The topological polar surface area (TPSA) is 47.0 Å². The van der Waals surface area contributed by atoms with Crippen LogP contribution in [0.25, 0.3) is 0 Å². The van der Waals surface area contributed by atoms with Gasteiger partial charge in [-0.2, -0.15) is 0 Å². The summed E-state index contributed by atoms with van der Waals surface area (Å²) in [6.45, 7) is 6.27. The van der Waals surface area contributed by atoms with Gasteiger partial charge in [0, 0.05) is 11.9 Å². The Bertz CT molecular complexity index is 431. The van der Waals surface area contributed by atoms with Crippen LogP contribution >= 0.6 is 11.6 Å². The summed E-state index contributed by atoms with van der Waals surface area (Å²) >= 11 is 6.22. The third kappa shape index (κ3) is 3.98. The molecule has 112 valence electrons. The van der Waals surface area contributed by atoms with Gasteiger partial charge in [-0.05, 0) is 45.4 Å². The Morgan fingerprint density at radius 1 is 1.40 bits per heavy atom. The minimum atomic E-state index is -0.0441. The summed E-state index contributed by atoms with van der Waals surface area (Å²) in [5, 5.41) is 3.52. The lowest BCUT2D eigenvalue weighted by molar-refractivity contribution is 0.232. The van der Waals surface area contributed by atoms with Crippen LogP contribution in [-0.2, 0) is 0 Å². The molecule has 0 radical (unpaired) electrons. The van der Waals surface area contributed by atoms with E-state index < -0.39 is 0 Å². The van der Waals surface area contributed by atoms with Gasteiger partial charge in [-0.25, -0.2) is 9.97 Å². The molecule has 1 saturated carbocycles. The highest BCUT2D eigenvalue weighted by Crippen LogP contribution is 2.35. The summed E-state index contributed by atoms with van der Waals surface area (Å²) in [5.41, 5.74) is -0.0441. The van der Waals surface area contributed by atoms with E-state index in [4.69, 9.17) is 16.3 Å². The first kappa shape index (κ1) is 15.4. The normalized spacial score (nSPS) is 26.6. The van der Waals surface area contributed by atoms with Crippen LogP contribution in [0.1, 0.15) is 46.5 Å². The molecular formula is C15H24ClN3O. The molecule has 1 aliphatic rings. The molecule has 0 amide bonds. The second kappa shape index (κ2) is 6.61. The molecule has 1 fully saturated rings. The molecule has 1 heterocycles. The van der Waals surface area contributed by atoms with Gasteiger partial charge in [0.25, 0.3) is 0 Å². The Morgan fingerprint density at radius 3 is 2.70 bits per heavy atom. The lowest BCUT2D eigenvalue weighted by Crippen LogP contribution is -2.43. The summed E-state index contributed by atoms with van der Waals surface area (Å²) in [6.07, 6.45) is 6.23. The molecule has 0 bridgehead atoms. The molecule has 1 aliphatic carbocycles. The molecule has 0 saturated heterocycles. The van der Waals surface area contributed by atoms with E-state index in [0.717, 1.165) is 24.6 Å². The van der Waals surface area contributed by atoms with Crippen LogP contribution in [-0.4, -0.2) is 27.5 Å². The molecule has 4 nitrogen and oxygen atoms in total. The number of alkyl halides is 1. The van der Waals surface area contributed by atoms with Gasteiger partial charge in [0.2, 0.25) is 5.88 Å². The molecule has 20 heavy (non-hydrogen) atoms. The molecule has 0 atom stereocenters. The van der Waals surface area contributed by atoms with Crippen molar-refractivity contribution in [3.63, 3.8) is 0 Å². The van der Waals surface area contributed by atoms with Gasteiger partial charge in [0.15, 0.2) is 0 Å². The zero-order valence-electron chi connectivity index (χ0n) is 12.5. The molecule has 1 aromatic rings. The maximum Gasteiger partial charge on any atom is 0.218 e. The van der Waals surface area contributed by atoms with Crippen molar-refractivity contribution in [3.8, 4) is 5.88 Å². The number of halogens is 1. The van der Waals surface area contributed by atoms with Gasteiger partial charge in [-0.1, -0.05) is 6.92 Å². The number of hydrogen-bond acceptors (Lipinski definition) is 4. The first-order valence-electron chi connectivity index (χ1n) is 7.36. The van der Waals surface area contributed by atoms with E-state index in [1.54, 1.807) is 0 Å². The van der Waals surface area contributed by atoms with Gasteiger partial charge < -0.3 is 10.1 Å². The number of rotatable bonds is 5. The van der Waals surface area contributed by atoms with Gasteiger partial charge in [-0.3, -0.25) is 0 Å². The van der Waals surface area contributed by atoms with Crippen LogP contribution in [0.4, 0.5) is 5.82 Å². The molecule has 0 unspecified atom stereocenters. The molecule has 2 rings (SSSR count). The third-order valence-corrected chi connectivity index (χ3v) is 4.39. The first-order chi connectivity index (χ1) is 9.53. The summed E-state index contributed by atoms with van der Waals surface area (Å²) in [5.74, 6) is 2.79. The van der Waals surface area contributed by atoms with Gasteiger partial charge >= 0.3 is 0 Å². The first-order valence-corrected chi connectivity index (χ1v) is 7.89. The fraction of sp³-hybridized carbons (Fsp3) is 0.733. The number of hydrogen-bond donors (Lipinski definition) is 1. The van der Waals surface area contributed by atoms with Crippen LogP contribution in [0.3, 0.4) is 0 Å². The van der Waals surface area contributed by atoms with Crippen molar-refractivity contribution in [2.75, 3.05) is 11.2 Å². The van der Waals surface area contributed by atoms with E-state index in [1.165, 1.54) is 19.2 Å². The fourth-order valence-electron chi connectivity index (χ4n) is 2.59. The van der Waals surface area contributed by atoms with Crippen molar-refractivity contribution in [1.82, 2.24) is 9.97 Å². The summed E-state index contributed by atoms with van der Waals surface area (Å²) in [4.78, 5) is 8.42. The van der Waals surface area contributed by atoms with Crippen LogP contribution in [0, 0.1) is 5.92 Å². The maximum absolute atomic E-state index is 6.22. The largest absolute Gasteiger partial charge is 0.475 e. The minimum Gasteiger partial charge on any atom is -0.475 e. The third-order valence-electron chi connectivity index (χ3n) is 3.88. The predicted molar refractivity (Wildman–Crippen MR) is 82.5 cm³/mol. The highest BCUT2D eigenvalue weighted by Gasteiger charge is 2.33.